The molecule has 2 atom stereocenters. The molecule has 48 heavy (non-hydrogen) atoms. The van der Waals surface area contributed by atoms with E-state index in [0.29, 0.717) is 18.8 Å². The maximum atomic E-state index is 13.9. The number of carbonyl (C=O) groups is 2. The summed E-state index contributed by atoms with van der Waals surface area (Å²) in [4.78, 5) is 34.2. The lowest BCUT2D eigenvalue weighted by Crippen LogP contribution is -2.54. The first-order valence-corrected chi connectivity index (χ1v) is 17.6. The number of hydrogen-bond donors (Lipinski definition) is 2. The summed E-state index contributed by atoms with van der Waals surface area (Å²) < 4.78 is 18.0. The van der Waals surface area contributed by atoms with Crippen LogP contribution in [0.3, 0.4) is 0 Å². The summed E-state index contributed by atoms with van der Waals surface area (Å²) in [6.45, 7) is 9.39. The molecule has 2 aliphatic heterocycles. The molecule has 0 radical (unpaired) electrons. The lowest BCUT2D eigenvalue weighted by Gasteiger charge is -2.42. The van der Waals surface area contributed by atoms with Gasteiger partial charge >= 0.3 is 6.09 Å². The number of hydrogen-bond acceptors (Lipinski definition) is 7. The molecule has 2 N–H and O–H groups in total. The number of benzene rings is 3. The Morgan fingerprint density at radius 2 is 1.77 bits per heavy atom. The summed E-state index contributed by atoms with van der Waals surface area (Å²) in [5.74, 6) is 0.533. The highest BCUT2D eigenvalue weighted by molar-refractivity contribution is 5.93. The molecule has 2 saturated heterocycles. The fraction of sp³-hybridized carbons (Fsp3) is 0.487. The van der Waals surface area contributed by atoms with Gasteiger partial charge in [0.05, 0.1) is 12.6 Å². The Kier molecular flexibility index (Phi) is 13.3. The Balaban J connectivity index is 1.45. The van der Waals surface area contributed by atoms with Crippen LogP contribution in [0.5, 0.6) is 5.75 Å². The second-order valence-electron chi connectivity index (χ2n) is 13.0. The fourth-order valence-electron chi connectivity index (χ4n) is 6.50. The molecule has 0 bridgehead atoms. The molecule has 0 aromatic heterocycles. The van der Waals surface area contributed by atoms with Crippen LogP contribution in [0.25, 0.3) is 16.8 Å². The zero-order valence-corrected chi connectivity index (χ0v) is 28.6. The molecule has 0 spiro atoms. The van der Waals surface area contributed by atoms with Crippen LogP contribution in [0.15, 0.2) is 72.3 Å². The molecule has 2 amide bonds. The van der Waals surface area contributed by atoms with Crippen LogP contribution in [-0.4, -0.2) is 68.2 Å². The van der Waals surface area contributed by atoms with E-state index in [4.69, 9.17) is 19.0 Å². The summed E-state index contributed by atoms with van der Waals surface area (Å²) in [5.41, 5.74) is 4.87. The summed E-state index contributed by atoms with van der Waals surface area (Å²) in [6.07, 6.45) is 7.64. The predicted molar refractivity (Wildman–Crippen MR) is 189 cm³/mol. The van der Waals surface area contributed by atoms with E-state index >= 15 is 0 Å². The summed E-state index contributed by atoms with van der Waals surface area (Å²) in [7, 11) is 0. The van der Waals surface area contributed by atoms with E-state index in [2.05, 4.69) is 55.8 Å². The van der Waals surface area contributed by atoms with Crippen LogP contribution < -0.4 is 15.5 Å². The first-order valence-electron chi connectivity index (χ1n) is 17.6. The van der Waals surface area contributed by atoms with Gasteiger partial charge < -0.3 is 19.5 Å². The van der Waals surface area contributed by atoms with Crippen LogP contribution >= 0.6 is 0 Å². The maximum Gasteiger partial charge on any atom is 0.410 e. The molecular formula is C39H51N3O6. The van der Waals surface area contributed by atoms with Gasteiger partial charge in [-0.2, -0.15) is 0 Å². The van der Waals surface area contributed by atoms with Gasteiger partial charge in [0.15, 0.2) is 6.29 Å². The number of ether oxygens (including phenoxy) is 3. The van der Waals surface area contributed by atoms with Crippen LogP contribution in [0.2, 0.25) is 0 Å². The Bertz CT molecular complexity index is 1490. The van der Waals surface area contributed by atoms with Gasteiger partial charge in [-0.05, 0) is 85.8 Å². The van der Waals surface area contributed by atoms with E-state index in [1.807, 2.05) is 41.3 Å². The number of piperidine rings is 1. The molecule has 9 nitrogen and oxygen atoms in total. The molecule has 2 heterocycles. The van der Waals surface area contributed by atoms with Gasteiger partial charge in [-0.25, -0.2) is 15.1 Å². The van der Waals surface area contributed by atoms with Crippen molar-refractivity contribution < 1.29 is 28.6 Å². The fourth-order valence-corrected chi connectivity index (χ4v) is 6.50. The normalized spacial score (nSPS) is 18.0. The summed E-state index contributed by atoms with van der Waals surface area (Å²) in [6, 6.07) is 21.4. The van der Waals surface area contributed by atoms with Crippen molar-refractivity contribution in [2.45, 2.75) is 84.1 Å². The van der Waals surface area contributed by atoms with Crippen LogP contribution in [0.4, 0.5) is 4.79 Å². The molecule has 0 saturated carbocycles. The molecular weight excluding hydrogens is 606 g/mol. The van der Waals surface area contributed by atoms with Crippen molar-refractivity contribution in [3.05, 3.63) is 83.4 Å². The zero-order valence-electron chi connectivity index (χ0n) is 28.6. The maximum absolute atomic E-state index is 13.9. The highest BCUT2D eigenvalue weighted by Crippen LogP contribution is 2.31. The molecule has 2 unspecified atom stereocenters. The highest BCUT2D eigenvalue weighted by Gasteiger charge is 2.37. The average molecular weight is 658 g/mol. The van der Waals surface area contributed by atoms with Crippen molar-refractivity contribution in [3.63, 3.8) is 0 Å². The van der Waals surface area contributed by atoms with Gasteiger partial charge in [-0.15, -0.1) is 0 Å². The third-order valence-electron chi connectivity index (χ3n) is 9.04. The SMILES string of the molecule is CCCCOC(=O)N(C1CCNCC1)C(/C(=C/c1ccc(C(=O)NOC2CCCCO2)cc1)COc1cccc2ccccc12)C(C)C. The van der Waals surface area contributed by atoms with Gasteiger partial charge in [0.25, 0.3) is 5.91 Å². The first-order chi connectivity index (χ1) is 23.4. The van der Waals surface area contributed by atoms with Crippen molar-refractivity contribution in [1.82, 2.24) is 15.7 Å². The number of amides is 2. The zero-order chi connectivity index (χ0) is 33.7. The minimum atomic E-state index is -0.418. The number of nitrogens with one attached hydrogen (secondary N) is 2. The number of carbonyl (C=O) groups excluding carboxylic acids is 2. The number of hydroxylamine groups is 1. The molecule has 258 valence electrons. The minimum Gasteiger partial charge on any atom is -0.489 e. The van der Waals surface area contributed by atoms with Crippen molar-refractivity contribution in [2.75, 3.05) is 32.9 Å². The van der Waals surface area contributed by atoms with Crippen LogP contribution in [0, 0.1) is 5.92 Å². The summed E-state index contributed by atoms with van der Waals surface area (Å²) in [5, 5.41) is 5.57. The molecule has 2 aliphatic rings. The third kappa shape index (κ3) is 9.58. The first kappa shape index (κ1) is 35.4. The van der Waals surface area contributed by atoms with E-state index < -0.39 is 6.29 Å². The van der Waals surface area contributed by atoms with Crippen LogP contribution in [-0.2, 0) is 14.3 Å². The van der Waals surface area contributed by atoms with Gasteiger partial charge in [0.1, 0.15) is 12.4 Å². The average Bonchev–Trinajstić information content (AvgIpc) is 3.12. The van der Waals surface area contributed by atoms with E-state index in [9.17, 15) is 9.59 Å². The number of rotatable bonds is 14. The van der Waals surface area contributed by atoms with Crippen LogP contribution in [0.1, 0.15) is 81.6 Å². The van der Waals surface area contributed by atoms with E-state index in [0.717, 1.165) is 85.7 Å². The molecule has 3 aromatic carbocycles. The third-order valence-corrected chi connectivity index (χ3v) is 9.04. The smallest absolute Gasteiger partial charge is 0.410 e. The number of nitrogens with zero attached hydrogens (tertiary/aromatic N) is 1. The van der Waals surface area contributed by atoms with Crippen molar-refractivity contribution >= 4 is 28.8 Å². The molecule has 5 rings (SSSR count). The number of fused-ring (bicyclic) bond motifs is 1. The second kappa shape index (κ2) is 18.0. The van der Waals surface area contributed by atoms with Crippen molar-refractivity contribution in [2.24, 2.45) is 5.92 Å². The standard InChI is InChI=1S/C39H51N3O6/c1-4-5-24-46-39(44)42(33-20-22-40-23-21-33)37(28(2)3)32(27-47-35-14-10-12-30-11-6-7-13-34(30)35)26-29-16-18-31(19-17-29)38(43)41-48-36-15-8-9-25-45-36/h6-7,10-14,16-19,26,28,33,36-37,40H,4-5,8-9,15,20-25,27H2,1-3H3,(H,41,43)/b32-26+. The largest absolute Gasteiger partial charge is 0.489 e. The monoisotopic (exact) mass is 657 g/mol. The van der Waals surface area contributed by atoms with Gasteiger partial charge in [0.2, 0.25) is 0 Å². The van der Waals surface area contributed by atoms with E-state index in [1.54, 1.807) is 12.1 Å². The quantitative estimate of drug-likeness (QED) is 0.137. The Labute approximate surface area is 284 Å². The topological polar surface area (TPSA) is 98.4 Å². The Hall–Kier alpha value is -3.92. The second-order valence-corrected chi connectivity index (χ2v) is 13.0. The minimum absolute atomic E-state index is 0.0351. The molecule has 0 aliphatic carbocycles. The predicted octanol–water partition coefficient (Wildman–Crippen LogP) is 7.51. The van der Waals surface area contributed by atoms with Gasteiger partial charge in [0, 0.05) is 30.0 Å². The molecule has 2 fully saturated rings. The van der Waals surface area contributed by atoms with Crippen molar-refractivity contribution in [3.8, 4) is 5.75 Å². The number of unbranched alkanes of at least 4 members (excludes halogenated alkanes) is 1. The Morgan fingerprint density at radius 1 is 1.00 bits per heavy atom. The van der Waals surface area contributed by atoms with E-state index in [1.165, 1.54) is 0 Å². The lowest BCUT2D eigenvalue weighted by molar-refractivity contribution is -0.186. The van der Waals surface area contributed by atoms with Gasteiger partial charge in [-0.1, -0.05) is 81.8 Å². The van der Waals surface area contributed by atoms with Crippen molar-refractivity contribution in [1.29, 1.82) is 0 Å². The van der Waals surface area contributed by atoms with E-state index in [-0.39, 0.29) is 36.6 Å². The lowest BCUT2D eigenvalue weighted by atomic mass is 9.90. The summed E-state index contributed by atoms with van der Waals surface area (Å²) >= 11 is 0. The highest BCUT2D eigenvalue weighted by atomic mass is 16.8. The molecule has 9 heteroatoms. The van der Waals surface area contributed by atoms with Gasteiger partial charge in [-0.3, -0.25) is 9.69 Å². The Morgan fingerprint density at radius 3 is 2.50 bits per heavy atom. The molecule has 3 aromatic rings.